The molecule has 0 spiro atoms. The molecule has 0 aliphatic carbocycles. The molecule has 1 aliphatic rings. The van der Waals surface area contributed by atoms with Crippen molar-refractivity contribution in [1.29, 1.82) is 0 Å². The number of hydrogen-bond acceptors (Lipinski definition) is 2. The molecule has 0 amide bonds. The Bertz CT molecular complexity index is 344. The lowest BCUT2D eigenvalue weighted by Crippen LogP contribution is -2.37. The zero-order chi connectivity index (χ0) is 12.8. The van der Waals surface area contributed by atoms with Crippen molar-refractivity contribution >= 4 is 15.9 Å². The molecule has 2 rings (SSSR count). The fourth-order valence-corrected chi connectivity index (χ4v) is 2.77. The fourth-order valence-electron chi connectivity index (χ4n) is 2.51. The van der Waals surface area contributed by atoms with Crippen molar-refractivity contribution in [2.45, 2.75) is 44.7 Å². The molecule has 2 unspecified atom stereocenters. The van der Waals surface area contributed by atoms with Gasteiger partial charge < -0.3 is 10.1 Å². The lowest BCUT2D eigenvalue weighted by atomic mass is 10.0. The highest BCUT2D eigenvalue weighted by molar-refractivity contribution is 9.10. The summed E-state index contributed by atoms with van der Waals surface area (Å²) in [4.78, 5) is 0. The first-order valence-corrected chi connectivity index (χ1v) is 7.61. The Hall–Kier alpha value is -0.380. The summed E-state index contributed by atoms with van der Waals surface area (Å²) in [5, 5.41) is 3.73. The van der Waals surface area contributed by atoms with Gasteiger partial charge in [0.25, 0.3) is 0 Å². The first kappa shape index (κ1) is 14.0. The molecule has 1 aliphatic heterocycles. The highest BCUT2D eigenvalue weighted by atomic mass is 79.9. The maximum absolute atomic E-state index is 5.49. The molecule has 0 radical (unpaired) electrons. The van der Waals surface area contributed by atoms with Gasteiger partial charge in [-0.1, -0.05) is 28.1 Å². The topological polar surface area (TPSA) is 21.3 Å². The Balaban J connectivity index is 1.80. The van der Waals surface area contributed by atoms with Crippen LogP contribution in [0.4, 0.5) is 0 Å². The first-order chi connectivity index (χ1) is 8.74. The molecule has 1 aromatic rings. The molecule has 18 heavy (non-hydrogen) atoms. The number of benzene rings is 1. The third kappa shape index (κ3) is 4.71. The van der Waals surface area contributed by atoms with Crippen LogP contribution in [-0.2, 0) is 11.2 Å². The van der Waals surface area contributed by atoms with Crippen molar-refractivity contribution < 1.29 is 4.74 Å². The number of rotatable bonds is 4. The molecule has 1 aromatic carbocycles. The monoisotopic (exact) mass is 311 g/mol. The second kappa shape index (κ2) is 7.27. The van der Waals surface area contributed by atoms with Crippen LogP contribution in [0.2, 0.25) is 0 Å². The smallest absolute Gasteiger partial charge is 0.0480 e. The van der Waals surface area contributed by atoms with E-state index in [1.54, 1.807) is 0 Å². The zero-order valence-corrected chi connectivity index (χ0v) is 12.6. The molecule has 0 aromatic heterocycles. The number of hydrogen-bond donors (Lipinski definition) is 1. The van der Waals surface area contributed by atoms with Crippen LogP contribution < -0.4 is 5.32 Å². The molecule has 100 valence electrons. The van der Waals surface area contributed by atoms with Crippen molar-refractivity contribution in [1.82, 2.24) is 5.32 Å². The molecular formula is C15H22BrNO. The van der Waals surface area contributed by atoms with Crippen LogP contribution in [0, 0.1) is 0 Å². The van der Waals surface area contributed by atoms with Crippen molar-refractivity contribution in [3.63, 3.8) is 0 Å². The van der Waals surface area contributed by atoms with Crippen molar-refractivity contribution in [2.24, 2.45) is 0 Å². The summed E-state index contributed by atoms with van der Waals surface area (Å²) in [6.45, 7) is 4.11. The zero-order valence-electron chi connectivity index (χ0n) is 11.0. The van der Waals surface area contributed by atoms with Gasteiger partial charge in [0.1, 0.15) is 0 Å². The van der Waals surface area contributed by atoms with Crippen LogP contribution in [0.3, 0.4) is 0 Å². The second-order valence-corrected chi connectivity index (χ2v) is 6.05. The highest BCUT2D eigenvalue weighted by Crippen LogP contribution is 2.13. The molecule has 0 bridgehead atoms. The minimum atomic E-state index is 0.522. The van der Waals surface area contributed by atoms with Crippen LogP contribution in [0.5, 0.6) is 0 Å². The van der Waals surface area contributed by atoms with E-state index in [1.807, 2.05) is 0 Å². The van der Waals surface area contributed by atoms with E-state index in [0.717, 1.165) is 30.5 Å². The van der Waals surface area contributed by atoms with Gasteiger partial charge in [0.05, 0.1) is 0 Å². The van der Waals surface area contributed by atoms with Gasteiger partial charge in [-0.2, -0.15) is 0 Å². The van der Waals surface area contributed by atoms with Gasteiger partial charge in [-0.05, 0) is 50.3 Å². The van der Waals surface area contributed by atoms with Gasteiger partial charge in [-0.3, -0.25) is 0 Å². The van der Waals surface area contributed by atoms with E-state index in [1.165, 1.54) is 18.4 Å². The lowest BCUT2D eigenvalue weighted by Gasteiger charge is -2.21. The summed E-state index contributed by atoms with van der Waals surface area (Å²) in [5.41, 5.74) is 1.39. The Labute approximate surface area is 118 Å². The average molecular weight is 312 g/mol. The SMILES string of the molecule is CC(Cc1ccc(Br)cc1)NC1CCCOCC1. The lowest BCUT2D eigenvalue weighted by molar-refractivity contribution is 0.142. The third-order valence-corrected chi connectivity index (χ3v) is 3.96. The number of ether oxygens (including phenoxy) is 1. The van der Waals surface area contributed by atoms with E-state index < -0.39 is 0 Å². The van der Waals surface area contributed by atoms with Crippen LogP contribution in [0.1, 0.15) is 31.7 Å². The summed E-state index contributed by atoms with van der Waals surface area (Å²) in [7, 11) is 0. The largest absolute Gasteiger partial charge is 0.381 e. The van der Waals surface area contributed by atoms with Gasteiger partial charge in [0.15, 0.2) is 0 Å². The molecular weight excluding hydrogens is 290 g/mol. The predicted octanol–water partition coefficient (Wildman–Crippen LogP) is 3.54. The minimum absolute atomic E-state index is 0.522. The summed E-state index contributed by atoms with van der Waals surface area (Å²) >= 11 is 3.47. The average Bonchev–Trinajstić information content (AvgIpc) is 2.61. The van der Waals surface area contributed by atoms with Crippen LogP contribution in [0.15, 0.2) is 28.7 Å². The van der Waals surface area contributed by atoms with Gasteiger partial charge in [-0.15, -0.1) is 0 Å². The van der Waals surface area contributed by atoms with Crippen LogP contribution >= 0.6 is 15.9 Å². The maximum atomic E-state index is 5.49. The predicted molar refractivity (Wildman–Crippen MR) is 78.9 cm³/mol. The quantitative estimate of drug-likeness (QED) is 0.918. The van der Waals surface area contributed by atoms with E-state index in [4.69, 9.17) is 4.74 Å². The van der Waals surface area contributed by atoms with E-state index in [9.17, 15) is 0 Å². The van der Waals surface area contributed by atoms with E-state index in [2.05, 4.69) is 52.4 Å². The standard InChI is InChI=1S/C15H22BrNO/c1-12(11-13-4-6-14(16)7-5-13)17-15-3-2-9-18-10-8-15/h4-7,12,15,17H,2-3,8-11H2,1H3. The summed E-state index contributed by atoms with van der Waals surface area (Å²) < 4.78 is 6.64. The van der Waals surface area contributed by atoms with Crippen molar-refractivity contribution in [3.05, 3.63) is 34.3 Å². The third-order valence-electron chi connectivity index (χ3n) is 3.43. The van der Waals surface area contributed by atoms with Gasteiger partial charge >= 0.3 is 0 Å². The Kier molecular flexibility index (Phi) is 5.67. The van der Waals surface area contributed by atoms with Crippen molar-refractivity contribution in [2.75, 3.05) is 13.2 Å². The molecule has 2 atom stereocenters. The number of halogens is 1. The van der Waals surface area contributed by atoms with E-state index in [-0.39, 0.29) is 0 Å². The molecule has 1 saturated heterocycles. The van der Waals surface area contributed by atoms with Gasteiger partial charge in [0, 0.05) is 29.8 Å². The Morgan fingerprint density at radius 1 is 1.28 bits per heavy atom. The molecule has 2 nitrogen and oxygen atoms in total. The summed E-state index contributed by atoms with van der Waals surface area (Å²) in [6, 6.07) is 9.76. The minimum Gasteiger partial charge on any atom is -0.381 e. The molecule has 1 N–H and O–H groups in total. The summed E-state index contributed by atoms with van der Waals surface area (Å²) in [5.74, 6) is 0. The Morgan fingerprint density at radius 3 is 2.83 bits per heavy atom. The van der Waals surface area contributed by atoms with Gasteiger partial charge in [0.2, 0.25) is 0 Å². The normalized spacial score (nSPS) is 22.4. The van der Waals surface area contributed by atoms with Crippen molar-refractivity contribution in [3.8, 4) is 0 Å². The van der Waals surface area contributed by atoms with E-state index in [0.29, 0.717) is 12.1 Å². The molecule has 1 fully saturated rings. The molecule has 3 heteroatoms. The maximum Gasteiger partial charge on any atom is 0.0480 e. The van der Waals surface area contributed by atoms with E-state index >= 15 is 0 Å². The fraction of sp³-hybridized carbons (Fsp3) is 0.600. The highest BCUT2D eigenvalue weighted by Gasteiger charge is 2.14. The number of nitrogens with one attached hydrogen (secondary N) is 1. The first-order valence-electron chi connectivity index (χ1n) is 6.82. The molecule has 0 saturated carbocycles. The van der Waals surface area contributed by atoms with Gasteiger partial charge in [-0.25, -0.2) is 0 Å². The van der Waals surface area contributed by atoms with Crippen LogP contribution in [-0.4, -0.2) is 25.3 Å². The summed E-state index contributed by atoms with van der Waals surface area (Å²) in [6.07, 6.45) is 4.66. The Morgan fingerprint density at radius 2 is 2.06 bits per heavy atom. The molecule has 1 heterocycles. The second-order valence-electron chi connectivity index (χ2n) is 5.14. The van der Waals surface area contributed by atoms with Crippen LogP contribution in [0.25, 0.3) is 0 Å².